The Kier molecular flexibility index (Phi) is 8.37. The van der Waals surface area contributed by atoms with Gasteiger partial charge in [-0.3, -0.25) is 4.18 Å². The summed E-state index contributed by atoms with van der Waals surface area (Å²) in [4.78, 5) is 0.0922. The van der Waals surface area contributed by atoms with E-state index < -0.39 is 30.8 Å². The average molecular weight is 541 g/mol. The molecule has 1 fully saturated rings. The highest BCUT2D eigenvalue weighted by Gasteiger charge is 2.52. The maximum atomic E-state index is 12.7. The lowest BCUT2D eigenvalue weighted by Crippen LogP contribution is -2.68. The lowest BCUT2D eigenvalue weighted by molar-refractivity contribution is -0.192. The van der Waals surface area contributed by atoms with Crippen molar-refractivity contribution >= 4 is 28.8 Å². The molecule has 37 heavy (non-hydrogen) atoms. The molecule has 0 aliphatic carbocycles. The second-order valence-corrected chi connectivity index (χ2v) is 16.5. The molecule has 1 saturated heterocycles. The van der Waals surface area contributed by atoms with E-state index in [1.165, 1.54) is 12.1 Å². The second kappa shape index (κ2) is 11.2. The number of ether oxygens (including phenoxy) is 1. The van der Waals surface area contributed by atoms with Crippen molar-refractivity contribution < 1.29 is 26.9 Å². The zero-order chi connectivity index (χ0) is 26.7. The van der Waals surface area contributed by atoms with Crippen LogP contribution in [0.1, 0.15) is 39.2 Å². The van der Waals surface area contributed by atoms with E-state index in [-0.39, 0.29) is 22.6 Å². The summed E-state index contributed by atoms with van der Waals surface area (Å²) in [5.74, 6) is 0. The van der Waals surface area contributed by atoms with Crippen molar-refractivity contribution in [1.29, 1.82) is 0 Å². The first-order chi connectivity index (χ1) is 17.5. The number of benzene rings is 3. The van der Waals surface area contributed by atoms with Crippen LogP contribution in [0.25, 0.3) is 0 Å². The summed E-state index contributed by atoms with van der Waals surface area (Å²) in [7, 11) is -6.79. The molecule has 0 spiro atoms. The Hall–Kier alpha value is -2.33. The molecule has 1 aliphatic heterocycles. The maximum Gasteiger partial charge on any atom is 0.297 e. The molecule has 8 heteroatoms. The predicted octanol–water partition coefficient (Wildman–Crippen LogP) is 4.14. The number of aliphatic hydroxyl groups excluding tert-OH is 1. The molecule has 0 amide bonds. The van der Waals surface area contributed by atoms with E-state index in [4.69, 9.17) is 13.3 Å². The van der Waals surface area contributed by atoms with Crippen molar-refractivity contribution in [2.75, 3.05) is 6.61 Å². The minimum Gasteiger partial charge on any atom is -0.404 e. The van der Waals surface area contributed by atoms with Gasteiger partial charge in [0.05, 0.1) is 23.7 Å². The molecule has 3 atom stereocenters. The minimum absolute atomic E-state index is 0.0922. The SMILES string of the molecule is Cc1ccc(S(=O)(=O)OCC2CC(O[Si](c3ccccc3)(c3ccccc3)C(C)(C)C)CC(O)O2)cc1. The standard InChI is InChI=1S/C29H36O6SSi/c1-22-15-17-25(18-16-22)36(31,32)33-21-24-19-23(20-28(30)34-24)35-37(29(2,3)4,26-11-7-5-8-12-26)27-13-9-6-10-14-27/h5-18,23-24,28,30H,19-21H2,1-4H3. The Labute approximate surface area is 221 Å². The van der Waals surface area contributed by atoms with Crippen LogP contribution >= 0.6 is 0 Å². The zero-order valence-electron chi connectivity index (χ0n) is 21.8. The summed E-state index contributed by atoms with van der Waals surface area (Å²) >= 11 is 0. The van der Waals surface area contributed by atoms with E-state index in [0.717, 1.165) is 15.9 Å². The second-order valence-electron chi connectivity index (χ2n) is 10.6. The lowest BCUT2D eigenvalue weighted by Gasteiger charge is -2.47. The first-order valence-corrected chi connectivity index (χ1v) is 15.9. The summed E-state index contributed by atoms with van der Waals surface area (Å²) in [5, 5.41) is 12.6. The molecule has 0 aromatic heterocycles. The fourth-order valence-electron chi connectivity index (χ4n) is 5.03. The number of hydrogen-bond donors (Lipinski definition) is 1. The molecule has 4 rings (SSSR count). The quantitative estimate of drug-likeness (QED) is 0.342. The number of aliphatic hydroxyl groups is 1. The normalized spacial score (nSPS) is 21.1. The molecule has 6 nitrogen and oxygen atoms in total. The Balaban J connectivity index is 1.59. The number of hydrogen-bond acceptors (Lipinski definition) is 6. The summed E-state index contributed by atoms with van der Waals surface area (Å²) in [6.07, 6.45) is -1.35. The van der Waals surface area contributed by atoms with Crippen LogP contribution in [0.4, 0.5) is 0 Å². The third-order valence-corrected chi connectivity index (χ3v) is 13.2. The fraction of sp³-hybridized carbons (Fsp3) is 0.379. The van der Waals surface area contributed by atoms with E-state index in [0.29, 0.717) is 12.8 Å². The monoisotopic (exact) mass is 540 g/mol. The predicted molar refractivity (Wildman–Crippen MR) is 147 cm³/mol. The molecule has 0 saturated carbocycles. The Bertz CT molecular complexity index is 1220. The van der Waals surface area contributed by atoms with Gasteiger partial charge in [0.1, 0.15) is 0 Å². The highest BCUT2D eigenvalue weighted by molar-refractivity contribution is 7.86. The van der Waals surface area contributed by atoms with Gasteiger partial charge in [-0.05, 0) is 34.5 Å². The smallest absolute Gasteiger partial charge is 0.297 e. The van der Waals surface area contributed by atoms with Gasteiger partial charge in [0.25, 0.3) is 18.4 Å². The van der Waals surface area contributed by atoms with Gasteiger partial charge in [-0.15, -0.1) is 0 Å². The van der Waals surface area contributed by atoms with Gasteiger partial charge in [-0.25, -0.2) is 0 Å². The van der Waals surface area contributed by atoms with Crippen LogP contribution in [0.2, 0.25) is 5.04 Å². The molecule has 3 unspecified atom stereocenters. The van der Waals surface area contributed by atoms with Crippen LogP contribution in [0.5, 0.6) is 0 Å². The van der Waals surface area contributed by atoms with Crippen LogP contribution in [0.15, 0.2) is 89.8 Å². The largest absolute Gasteiger partial charge is 0.404 e. The van der Waals surface area contributed by atoms with E-state index in [1.54, 1.807) is 12.1 Å². The van der Waals surface area contributed by atoms with Crippen molar-refractivity contribution in [1.82, 2.24) is 0 Å². The van der Waals surface area contributed by atoms with Gasteiger partial charge in [-0.2, -0.15) is 8.42 Å². The summed E-state index contributed by atoms with van der Waals surface area (Å²) in [6, 6.07) is 27.1. The van der Waals surface area contributed by atoms with Gasteiger partial charge < -0.3 is 14.3 Å². The van der Waals surface area contributed by atoms with E-state index >= 15 is 0 Å². The lowest BCUT2D eigenvalue weighted by atomic mass is 10.1. The van der Waals surface area contributed by atoms with Crippen LogP contribution in [0.3, 0.4) is 0 Å². The third kappa shape index (κ3) is 6.22. The molecule has 0 bridgehead atoms. The summed E-state index contributed by atoms with van der Waals surface area (Å²) < 4.78 is 43.6. The molecular formula is C29H36O6SSi. The Morgan fingerprint density at radius 3 is 1.95 bits per heavy atom. The minimum atomic E-state index is -3.95. The van der Waals surface area contributed by atoms with Gasteiger partial charge in [0, 0.05) is 12.8 Å². The molecule has 198 valence electrons. The molecule has 1 N–H and O–H groups in total. The van der Waals surface area contributed by atoms with E-state index in [9.17, 15) is 13.5 Å². The molecular weight excluding hydrogens is 504 g/mol. The Morgan fingerprint density at radius 1 is 0.892 bits per heavy atom. The first-order valence-electron chi connectivity index (χ1n) is 12.6. The van der Waals surface area contributed by atoms with Crippen molar-refractivity contribution in [2.24, 2.45) is 0 Å². The van der Waals surface area contributed by atoms with Crippen molar-refractivity contribution in [3.05, 3.63) is 90.5 Å². The molecule has 3 aromatic rings. The van der Waals surface area contributed by atoms with Crippen LogP contribution < -0.4 is 10.4 Å². The number of rotatable bonds is 8. The van der Waals surface area contributed by atoms with Gasteiger partial charge in [0.15, 0.2) is 6.29 Å². The molecule has 1 heterocycles. The van der Waals surface area contributed by atoms with Crippen molar-refractivity contribution in [3.8, 4) is 0 Å². The molecule has 3 aromatic carbocycles. The first kappa shape index (κ1) is 27.7. The fourth-order valence-corrected chi connectivity index (χ4v) is 10.7. The van der Waals surface area contributed by atoms with Crippen LogP contribution in [-0.2, 0) is 23.5 Å². The van der Waals surface area contributed by atoms with Crippen LogP contribution in [-0.4, -0.2) is 46.9 Å². The molecule has 1 aliphatic rings. The maximum absolute atomic E-state index is 12.7. The topological polar surface area (TPSA) is 82.1 Å². The third-order valence-electron chi connectivity index (χ3n) is 6.82. The average Bonchev–Trinajstić information content (AvgIpc) is 2.86. The molecule has 0 radical (unpaired) electrons. The van der Waals surface area contributed by atoms with Gasteiger partial charge in [-0.1, -0.05) is 99.1 Å². The van der Waals surface area contributed by atoms with Crippen molar-refractivity contribution in [3.63, 3.8) is 0 Å². The van der Waals surface area contributed by atoms with Gasteiger partial charge >= 0.3 is 0 Å². The van der Waals surface area contributed by atoms with E-state index in [2.05, 4.69) is 45.0 Å². The number of aryl methyl sites for hydroxylation is 1. The van der Waals surface area contributed by atoms with Crippen LogP contribution in [0, 0.1) is 6.92 Å². The highest BCUT2D eigenvalue weighted by atomic mass is 32.2. The summed E-state index contributed by atoms with van der Waals surface area (Å²) in [6.45, 7) is 8.28. The highest BCUT2D eigenvalue weighted by Crippen LogP contribution is 2.39. The van der Waals surface area contributed by atoms with Gasteiger partial charge in [0.2, 0.25) is 0 Å². The van der Waals surface area contributed by atoms with E-state index in [1.807, 2.05) is 43.3 Å². The zero-order valence-corrected chi connectivity index (χ0v) is 23.6. The Morgan fingerprint density at radius 2 is 1.43 bits per heavy atom. The summed E-state index contributed by atoms with van der Waals surface area (Å²) in [5.41, 5.74) is 0.959. The van der Waals surface area contributed by atoms with Crippen molar-refractivity contribution in [2.45, 2.75) is 69.0 Å².